The Morgan fingerprint density at radius 3 is 1.30 bits per heavy atom. The molecule has 1 aliphatic rings. The third-order valence-electron chi connectivity index (χ3n) is 2.09. The number of piperidine rings is 1. The van der Waals surface area contributed by atoms with Gasteiger partial charge in [0.05, 0.1) is 6.42 Å². The van der Waals surface area contributed by atoms with Crippen LogP contribution in [-0.4, -0.2) is 37.0 Å². The fraction of sp³-hybridized carbons (Fsp3) is 0.800. The van der Waals surface area contributed by atoms with Gasteiger partial charge >= 0.3 is 28.8 Å². The van der Waals surface area contributed by atoms with Crippen molar-refractivity contribution >= 4 is 11.6 Å². The van der Waals surface area contributed by atoms with Gasteiger partial charge in [0.15, 0.2) is 0 Å². The molecule has 1 aliphatic heterocycles. The fourth-order valence-electron chi connectivity index (χ4n) is 1.08. The van der Waals surface area contributed by atoms with Gasteiger partial charge in [0.1, 0.15) is 0 Å². The fourth-order valence-corrected chi connectivity index (χ4v) is 1.08. The van der Waals surface area contributed by atoms with Crippen molar-refractivity contribution in [1.82, 2.24) is 0 Å². The summed E-state index contributed by atoms with van der Waals surface area (Å²) in [6.07, 6.45) is -8.92. The number of carbonyl (C=O) groups is 2. The van der Waals surface area contributed by atoms with Crippen LogP contribution < -0.4 is 0 Å². The van der Waals surface area contributed by atoms with Crippen LogP contribution in [0.5, 0.6) is 0 Å². The summed E-state index contributed by atoms with van der Waals surface area (Å²) in [6, 6.07) is 0. The van der Waals surface area contributed by atoms with Gasteiger partial charge in [0.25, 0.3) is 0 Å². The van der Waals surface area contributed by atoms with Crippen LogP contribution in [0.3, 0.4) is 0 Å². The number of ketones is 2. The molecule has 10 heteroatoms. The Hall–Kier alpha value is -0.626. The van der Waals surface area contributed by atoms with Gasteiger partial charge in [-0.1, -0.05) is 19.3 Å². The van der Waals surface area contributed by atoms with Gasteiger partial charge in [-0.2, -0.15) is 26.3 Å². The van der Waals surface area contributed by atoms with Crippen LogP contribution in [0.15, 0.2) is 0 Å². The molecule has 1 saturated heterocycles. The number of Topliss-reactive ketones (excluding diaryl/α,β-unsaturated/α-hetero) is 2. The van der Waals surface area contributed by atoms with Gasteiger partial charge in [-0.15, -0.1) is 13.1 Å². The summed E-state index contributed by atoms with van der Waals surface area (Å²) < 4.78 is 68.0. The Balaban J connectivity index is 0. The van der Waals surface area contributed by atoms with E-state index in [1.165, 1.54) is 19.3 Å². The maximum absolute atomic E-state index is 11.3. The first-order chi connectivity index (χ1) is 8.55. The van der Waals surface area contributed by atoms with E-state index in [0.717, 1.165) is 13.1 Å². The van der Waals surface area contributed by atoms with Crippen molar-refractivity contribution in [1.29, 1.82) is 0 Å². The molecule has 0 aromatic rings. The van der Waals surface area contributed by atoms with E-state index < -0.39 is 30.3 Å². The maximum atomic E-state index is 11.3. The number of halogens is 6. The molecule has 1 heterocycles. The summed E-state index contributed by atoms with van der Waals surface area (Å²) in [7, 11) is 0. The summed E-state index contributed by atoms with van der Waals surface area (Å²) >= 11 is 0. The summed E-state index contributed by atoms with van der Waals surface area (Å²) in [4.78, 5) is 19.8. The average molecular weight is 351 g/mol. The van der Waals surface area contributed by atoms with E-state index in [4.69, 9.17) is 0 Å². The number of rotatable bonds is 2. The second kappa shape index (κ2) is 9.34. The SMILES string of the molecule is C1CC[N-]CC1.O=C(CC(=O)C(F)(F)F)C(F)(F)F.[Ni+2]. The van der Waals surface area contributed by atoms with Gasteiger partial charge in [0.2, 0.25) is 11.6 Å². The number of carbonyl (C=O) groups excluding carboxylic acids is 2. The zero-order chi connectivity index (χ0) is 15.1. The third kappa shape index (κ3) is 10.2. The summed E-state index contributed by atoms with van der Waals surface area (Å²) in [5.41, 5.74) is 0. The topological polar surface area (TPSA) is 48.2 Å². The summed E-state index contributed by atoms with van der Waals surface area (Å²) in [6.45, 7) is 2.25. The molecule has 120 valence electrons. The van der Waals surface area contributed by atoms with Crippen molar-refractivity contribution in [2.75, 3.05) is 13.1 Å². The van der Waals surface area contributed by atoms with Crippen molar-refractivity contribution in [3.8, 4) is 0 Å². The zero-order valence-corrected chi connectivity index (χ0v) is 11.1. The van der Waals surface area contributed by atoms with Gasteiger partial charge < -0.3 is 5.32 Å². The molecule has 1 rings (SSSR count). The van der Waals surface area contributed by atoms with Gasteiger partial charge in [0, 0.05) is 0 Å². The molecule has 3 nitrogen and oxygen atoms in total. The van der Waals surface area contributed by atoms with Crippen molar-refractivity contribution in [3.05, 3.63) is 5.32 Å². The first kappa shape index (κ1) is 21.7. The van der Waals surface area contributed by atoms with Crippen LogP contribution >= 0.6 is 0 Å². The molecular weight excluding hydrogens is 339 g/mol. The van der Waals surface area contributed by atoms with Gasteiger partial charge in [-0.25, -0.2) is 0 Å². The molecule has 1 fully saturated rings. The smallest absolute Gasteiger partial charge is 0.662 e. The molecule has 0 unspecified atom stereocenters. The minimum atomic E-state index is -5.40. The van der Waals surface area contributed by atoms with Crippen LogP contribution in [0.2, 0.25) is 0 Å². The Labute approximate surface area is 121 Å². The largest absolute Gasteiger partial charge is 2.00 e. The van der Waals surface area contributed by atoms with Crippen LogP contribution in [0.4, 0.5) is 26.3 Å². The number of hydrogen-bond acceptors (Lipinski definition) is 2. The Morgan fingerprint density at radius 1 is 0.800 bits per heavy atom. The molecule has 0 aromatic heterocycles. The maximum Gasteiger partial charge on any atom is 2.00 e. The van der Waals surface area contributed by atoms with Crippen molar-refractivity contribution in [2.45, 2.75) is 38.0 Å². The van der Waals surface area contributed by atoms with Crippen molar-refractivity contribution in [2.24, 2.45) is 0 Å². The molecular formula is C10H12F6NNiO2+. The van der Waals surface area contributed by atoms with Crippen LogP contribution in [-0.2, 0) is 26.1 Å². The Bertz CT molecular complexity index is 276. The van der Waals surface area contributed by atoms with E-state index in [0.29, 0.717) is 0 Å². The molecule has 0 N–H and O–H groups in total. The summed E-state index contributed by atoms with van der Waals surface area (Å²) in [5.74, 6) is -5.40. The second-order valence-electron chi connectivity index (χ2n) is 3.75. The van der Waals surface area contributed by atoms with E-state index in [2.05, 4.69) is 5.32 Å². The molecule has 0 aliphatic carbocycles. The van der Waals surface area contributed by atoms with Crippen LogP contribution in [0.1, 0.15) is 25.7 Å². The molecule has 0 radical (unpaired) electrons. The number of alkyl halides is 6. The van der Waals surface area contributed by atoms with E-state index in [1.54, 1.807) is 0 Å². The Kier molecular flexibility index (Phi) is 10.1. The minimum Gasteiger partial charge on any atom is -0.662 e. The van der Waals surface area contributed by atoms with E-state index >= 15 is 0 Å². The van der Waals surface area contributed by atoms with Crippen LogP contribution in [0.25, 0.3) is 5.32 Å². The quantitative estimate of drug-likeness (QED) is 0.436. The monoisotopic (exact) mass is 350 g/mol. The molecule has 0 spiro atoms. The van der Waals surface area contributed by atoms with E-state index in [9.17, 15) is 35.9 Å². The second-order valence-corrected chi connectivity index (χ2v) is 3.75. The van der Waals surface area contributed by atoms with E-state index in [1.807, 2.05) is 0 Å². The third-order valence-corrected chi connectivity index (χ3v) is 2.09. The molecule has 0 aromatic carbocycles. The summed E-state index contributed by atoms with van der Waals surface area (Å²) in [5, 5.41) is 4.18. The zero-order valence-electron chi connectivity index (χ0n) is 10.1. The van der Waals surface area contributed by atoms with Crippen LogP contribution in [0, 0.1) is 0 Å². The van der Waals surface area contributed by atoms with Crippen molar-refractivity contribution in [3.63, 3.8) is 0 Å². The molecule has 0 amide bonds. The first-order valence-corrected chi connectivity index (χ1v) is 5.38. The first-order valence-electron chi connectivity index (χ1n) is 5.38. The van der Waals surface area contributed by atoms with Crippen molar-refractivity contribution < 1.29 is 52.4 Å². The van der Waals surface area contributed by atoms with Gasteiger partial charge in [-0.05, 0) is 0 Å². The average Bonchev–Trinajstić information content (AvgIpc) is 2.29. The normalized spacial score (nSPS) is 15.5. The number of hydrogen-bond donors (Lipinski definition) is 0. The molecule has 0 atom stereocenters. The van der Waals surface area contributed by atoms with Gasteiger partial charge in [-0.3, -0.25) is 9.59 Å². The number of nitrogens with zero attached hydrogens (tertiary/aromatic N) is 1. The predicted molar refractivity (Wildman–Crippen MR) is 53.7 cm³/mol. The minimum absolute atomic E-state index is 0. The molecule has 20 heavy (non-hydrogen) atoms. The molecule has 0 bridgehead atoms. The van der Waals surface area contributed by atoms with E-state index in [-0.39, 0.29) is 16.5 Å². The molecule has 0 saturated carbocycles. The predicted octanol–water partition coefficient (Wildman–Crippen LogP) is 3.18. The Morgan fingerprint density at radius 2 is 1.15 bits per heavy atom. The standard InChI is InChI=1S/C5H2F6O2.C5H10N.Ni/c6-4(7,8)2(12)1-3(13)5(9,10)11;1-2-4-6-5-3-1;/h1H2;1-5H2;/q;-1;+2.